The van der Waals surface area contributed by atoms with Crippen LogP contribution in [0.15, 0.2) is 12.1 Å². The number of hydrogen-bond donors (Lipinski definition) is 1. The first-order chi connectivity index (χ1) is 9.96. The Morgan fingerprint density at radius 1 is 1.24 bits per heavy atom. The lowest BCUT2D eigenvalue weighted by molar-refractivity contribution is -0.143. The molecule has 0 aliphatic heterocycles. The van der Waals surface area contributed by atoms with Crippen molar-refractivity contribution in [3.63, 3.8) is 0 Å². The van der Waals surface area contributed by atoms with Gasteiger partial charge >= 0.3 is 5.97 Å². The minimum absolute atomic E-state index is 0.337. The van der Waals surface area contributed by atoms with Gasteiger partial charge in [-0.25, -0.2) is 4.79 Å². The van der Waals surface area contributed by atoms with Crippen LogP contribution in [0, 0.1) is 5.92 Å². The Morgan fingerprint density at radius 3 is 2.38 bits per heavy atom. The summed E-state index contributed by atoms with van der Waals surface area (Å²) in [5, 5.41) is 3.50. The van der Waals surface area contributed by atoms with Crippen LogP contribution in [-0.2, 0) is 9.53 Å². The predicted octanol–water partition coefficient (Wildman–Crippen LogP) is 2.82. The van der Waals surface area contributed by atoms with Gasteiger partial charge in [0, 0.05) is 5.56 Å². The molecule has 0 bridgehead atoms. The van der Waals surface area contributed by atoms with Crippen molar-refractivity contribution in [3.05, 3.63) is 22.7 Å². The van der Waals surface area contributed by atoms with E-state index in [4.69, 9.17) is 25.8 Å². The number of esters is 1. The number of nitrogens with one attached hydrogen (secondary N) is 1. The van der Waals surface area contributed by atoms with Gasteiger partial charge in [0.25, 0.3) is 0 Å². The Morgan fingerprint density at radius 2 is 1.90 bits per heavy atom. The van der Waals surface area contributed by atoms with E-state index >= 15 is 0 Å². The Hall–Kier alpha value is -1.46. The fourth-order valence-corrected chi connectivity index (χ4v) is 2.26. The SMILES string of the molecule is COC(=O)C(NCC(C)C)c1ccc(OC)c(OC)c1Cl. The Balaban J connectivity index is 3.21. The first-order valence-corrected chi connectivity index (χ1v) is 7.05. The van der Waals surface area contributed by atoms with Gasteiger partial charge in [0.1, 0.15) is 6.04 Å². The van der Waals surface area contributed by atoms with E-state index in [9.17, 15) is 4.79 Å². The van der Waals surface area contributed by atoms with E-state index < -0.39 is 12.0 Å². The number of benzene rings is 1. The van der Waals surface area contributed by atoms with Crippen molar-refractivity contribution in [2.45, 2.75) is 19.9 Å². The lowest BCUT2D eigenvalue weighted by Crippen LogP contribution is -2.32. The van der Waals surface area contributed by atoms with Crippen LogP contribution in [0.2, 0.25) is 5.02 Å². The van der Waals surface area contributed by atoms with E-state index in [1.165, 1.54) is 21.3 Å². The third-order valence-electron chi connectivity index (χ3n) is 2.99. The summed E-state index contributed by atoms with van der Waals surface area (Å²) < 4.78 is 15.3. The van der Waals surface area contributed by atoms with E-state index in [2.05, 4.69) is 19.2 Å². The van der Waals surface area contributed by atoms with Crippen molar-refractivity contribution in [1.82, 2.24) is 5.32 Å². The molecule has 5 nitrogen and oxygen atoms in total. The lowest BCUT2D eigenvalue weighted by atomic mass is 10.0. The van der Waals surface area contributed by atoms with Crippen molar-refractivity contribution in [2.24, 2.45) is 5.92 Å². The van der Waals surface area contributed by atoms with Crippen LogP contribution < -0.4 is 14.8 Å². The fourth-order valence-electron chi connectivity index (χ4n) is 1.92. The summed E-state index contributed by atoms with van der Waals surface area (Å²) in [7, 11) is 4.38. The van der Waals surface area contributed by atoms with Gasteiger partial charge in [-0.3, -0.25) is 0 Å². The van der Waals surface area contributed by atoms with Gasteiger partial charge in [0.05, 0.1) is 26.4 Å². The van der Waals surface area contributed by atoms with Crippen LogP contribution in [0.4, 0.5) is 0 Å². The second kappa shape index (κ2) is 8.10. The number of hydrogen-bond acceptors (Lipinski definition) is 5. The number of ether oxygens (including phenoxy) is 3. The highest BCUT2D eigenvalue weighted by Gasteiger charge is 2.26. The molecule has 0 amide bonds. The van der Waals surface area contributed by atoms with Crippen LogP contribution in [0.3, 0.4) is 0 Å². The highest BCUT2D eigenvalue weighted by Crippen LogP contribution is 2.39. The number of halogens is 1. The summed E-state index contributed by atoms with van der Waals surface area (Å²) in [4.78, 5) is 12.0. The molecule has 0 aliphatic carbocycles. The molecule has 0 saturated carbocycles. The van der Waals surface area contributed by atoms with Crippen molar-refractivity contribution in [3.8, 4) is 11.5 Å². The average molecular weight is 316 g/mol. The van der Waals surface area contributed by atoms with Gasteiger partial charge in [0.15, 0.2) is 11.5 Å². The highest BCUT2D eigenvalue weighted by molar-refractivity contribution is 6.33. The summed E-state index contributed by atoms with van der Waals surface area (Å²) in [6.07, 6.45) is 0. The third kappa shape index (κ3) is 4.25. The Bertz CT molecular complexity index is 491. The molecule has 6 heteroatoms. The van der Waals surface area contributed by atoms with Gasteiger partial charge < -0.3 is 19.5 Å². The van der Waals surface area contributed by atoms with Gasteiger partial charge in [-0.2, -0.15) is 0 Å². The van der Waals surface area contributed by atoms with Crippen molar-refractivity contribution >= 4 is 17.6 Å². The monoisotopic (exact) mass is 315 g/mol. The van der Waals surface area contributed by atoms with Gasteiger partial charge in [-0.05, 0) is 18.5 Å². The predicted molar refractivity (Wildman–Crippen MR) is 82.2 cm³/mol. The molecule has 1 rings (SSSR count). The molecule has 1 unspecified atom stereocenters. The number of carbonyl (C=O) groups is 1. The maximum atomic E-state index is 12.0. The largest absolute Gasteiger partial charge is 0.493 e. The molecule has 118 valence electrons. The lowest BCUT2D eigenvalue weighted by Gasteiger charge is -2.21. The normalized spacial score (nSPS) is 12.1. The second-order valence-electron chi connectivity index (χ2n) is 4.96. The van der Waals surface area contributed by atoms with Crippen LogP contribution in [0.1, 0.15) is 25.5 Å². The number of methoxy groups -OCH3 is 3. The number of carbonyl (C=O) groups excluding carboxylic acids is 1. The smallest absolute Gasteiger partial charge is 0.327 e. The van der Waals surface area contributed by atoms with E-state index in [-0.39, 0.29) is 0 Å². The van der Waals surface area contributed by atoms with Gasteiger partial charge in [-0.1, -0.05) is 31.5 Å². The minimum atomic E-state index is -0.648. The molecule has 1 N–H and O–H groups in total. The fraction of sp³-hybridized carbons (Fsp3) is 0.533. The van der Waals surface area contributed by atoms with Crippen molar-refractivity contribution < 1.29 is 19.0 Å². The zero-order valence-electron chi connectivity index (χ0n) is 13.0. The van der Waals surface area contributed by atoms with Crippen LogP contribution in [0.5, 0.6) is 11.5 Å². The summed E-state index contributed by atoms with van der Waals surface area (Å²) in [6.45, 7) is 4.76. The van der Waals surface area contributed by atoms with E-state index in [1.807, 2.05) is 0 Å². The molecule has 0 heterocycles. The molecular weight excluding hydrogens is 294 g/mol. The highest BCUT2D eigenvalue weighted by atomic mass is 35.5. The standard InChI is InChI=1S/C15H22ClNO4/c1-9(2)8-17-13(15(18)21-5)10-6-7-11(19-3)14(20-4)12(10)16/h6-7,9,13,17H,8H2,1-5H3. The molecule has 0 aliphatic rings. The first-order valence-electron chi connectivity index (χ1n) is 6.67. The molecule has 1 atom stereocenters. The molecule has 0 aromatic heterocycles. The van der Waals surface area contributed by atoms with Crippen molar-refractivity contribution in [1.29, 1.82) is 0 Å². The van der Waals surface area contributed by atoms with E-state index in [0.717, 1.165) is 0 Å². The van der Waals surface area contributed by atoms with E-state index in [1.54, 1.807) is 12.1 Å². The molecule has 0 saturated heterocycles. The van der Waals surface area contributed by atoms with Crippen LogP contribution >= 0.6 is 11.6 Å². The van der Waals surface area contributed by atoms with E-state index in [0.29, 0.717) is 34.5 Å². The van der Waals surface area contributed by atoms with Crippen LogP contribution in [-0.4, -0.2) is 33.8 Å². The topological polar surface area (TPSA) is 56.8 Å². The molecule has 0 radical (unpaired) electrons. The third-order valence-corrected chi connectivity index (χ3v) is 3.38. The molecule has 1 aromatic rings. The summed E-state index contributed by atoms with van der Waals surface area (Å²) in [5.41, 5.74) is 0.599. The molecule has 0 fully saturated rings. The first kappa shape index (κ1) is 17.6. The average Bonchev–Trinajstić information content (AvgIpc) is 2.47. The second-order valence-corrected chi connectivity index (χ2v) is 5.34. The Labute approximate surface area is 130 Å². The summed E-state index contributed by atoms with van der Waals surface area (Å²) in [6, 6.07) is 2.80. The molecule has 1 aromatic carbocycles. The minimum Gasteiger partial charge on any atom is -0.493 e. The van der Waals surface area contributed by atoms with Gasteiger partial charge in [-0.15, -0.1) is 0 Å². The van der Waals surface area contributed by atoms with Crippen LogP contribution in [0.25, 0.3) is 0 Å². The zero-order valence-corrected chi connectivity index (χ0v) is 13.8. The maximum absolute atomic E-state index is 12.0. The van der Waals surface area contributed by atoms with Gasteiger partial charge in [0.2, 0.25) is 0 Å². The summed E-state index contributed by atoms with van der Waals surface area (Å²) >= 11 is 6.35. The quantitative estimate of drug-likeness (QED) is 0.784. The molecule has 21 heavy (non-hydrogen) atoms. The molecule has 0 spiro atoms. The van der Waals surface area contributed by atoms with Crippen molar-refractivity contribution in [2.75, 3.05) is 27.9 Å². The number of rotatable bonds is 7. The Kier molecular flexibility index (Phi) is 6.78. The molecular formula is C15H22ClNO4. The summed E-state index contributed by atoms with van der Waals surface area (Å²) in [5.74, 6) is 0.900. The maximum Gasteiger partial charge on any atom is 0.327 e. The zero-order chi connectivity index (χ0) is 16.0.